The summed E-state index contributed by atoms with van der Waals surface area (Å²) in [5, 5.41) is 6.99. The normalized spacial score (nSPS) is 14.0. The highest BCUT2D eigenvalue weighted by Gasteiger charge is 2.50. The summed E-state index contributed by atoms with van der Waals surface area (Å²) in [7, 11) is 0. The summed E-state index contributed by atoms with van der Waals surface area (Å²) in [6.45, 7) is 2.38. The molecule has 2 aromatic carbocycles. The van der Waals surface area contributed by atoms with Crippen molar-refractivity contribution in [3.05, 3.63) is 82.9 Å². The SMILES string of the molecule is Cc1cccc(Nc2ccc(CNC(=O)C3(CC(=O)c4cncnc4)CC3)cc2)c1Cl. The molecule has 0 bridgehead atoms. The summed E-state index contributed by atoms with van der Waals surface area (Å²) >= 11 is 6.34. The molecule has 0 aliphatic heterocycles. The molecule has 0 radical (unpaired) electrons. The van der Waals surface area contributed by atoms with E-state index < -0.39 is 5.41 Å². The number of nitrogens with zero attached hydrogens (tertiary/aromatic N) is 2. The van der Waals surface area contributed by atoms with Crippen LogP contribution in [0.2, 0.25) is 5.02 Å². The van der Waals surface area contributed by atoms with Gasteiger partial charge in [-0.1, -0.05) is 35.9 Å². The molecular weight excluding hydrogens is 412 g/mol. The van der Waals surface area contributed by atoms with Gasteiger partial charge in [-0.3, -0.25) is 9.59 Å². The van der Waals surface area contributed by atoms with Crippen LogP contribution in [0.4, 0.5) is 11.4 Å². The van der Waals surface area contributed by atoms with Crippen molar-refractivity contribution < 1.29 is 9.59 Å². The van der Waals surface area contributed by atoms with Gasteiger partial charge in [-0.2, -0.15) is 0 Å². The van der Waals surface area contributed by atoms with Gasteiger partial charge in [-0.05, 0) is 49.1 Å². The molecule has 158 valence electrons. The number of hydrogen-bond acceptors (Lipinski definition) is 5. The average Bonchev–Trinajstić information content (AvgIpc) is 3.57. The Balaban J connectivity index is 1.32. The summed E-state index contributed by atoms with van der Waals surface area (Å²) in [6, 6.07) is 13.7. The van der Waals surface area contributed by atoms with Gasteiger partial charge in [-0.15, -0.1) is 0 Å². The highest BCUT2D eigenvalue weighted by atomic mass is 35.5. The number of halogens is 1. The van der Waals surface area contributed by atoms with Crippen molar-refractivity contribution in [2.45, 2.75) is 32.7 Å². The molecule has 0 saturated heterocycles. The van der Waals surface area contributed by atoms with E-state index in [4.69, 9.17) is 11.6 Å². The van der Waals surface area contributed by atoms with Crippen LogP contribution in [0.5, 0.6) is 0 Å². The molecular formula is C24H23ClN4O2. The van der Waals surface area contributed by atoms with Gasteiger partial charge in [-0.25, -0.2) is 9.97 Å². The molecule has 3 aromatic rings. The smallest absolute Gasteiger partial charge is 0.226 e. The minimum Gasteiger partial charge on any atom is -0.354 e. The maximum absolute atomic E-state index is 12.7. The maximum atomic E-state index is 12.7. The van der Waals surface area contributed by atoms with Crippen molar-refractivity contribution >= 4 is 34.7 Å². The molecule has 1 aliphatic carbocycles. The van der Waals surface area contributed by atoms with Crippen LogP contribution in [0.15, 0.2) is 61.2 Å². The van der Waals surface area contributed by atoms with Crippen LogP contribution in [0.1, 0.15) is 40.7 Å². The van der Waals surface area contributed by atoms with Crippen molar-refractivity contribution in [3.63, 3.8) is 0 Å². The number of amides is 1. The highest BCUT2D eigenvalue weighted by molar-refractivity contribution is 6.34. The number of hydrogen-bond donors (Lipinski definition) is 2. The van der Waals surface area contributed by atoms with E-state index in [0.717, 1.165) is 35.3 Å². The Morgan fingerprint density at radius 1 is 1.06 bits per heavy atom. The number of rotatable bonds is 8. The number of carbonyl (C=O) groups is 2. The molecule has 0 atom stereocenters. The Kier molecular flexibility index (Phi) is 6.00. The van der Waals surface area contributed by atoms with Crippen LogP contribution in [0.25, 0.3) is 0 Å². The number of Topliss-reactive ketones (excluding diaryl/α,β-unsaturated/α-hetero) is 1. The first kappa shape index (κ1) is 21.0. The quantitative estimate of drug-likeness (QED) is 0.495. The Bertz CT molecular complexity index is 1100. The van der Waals surface area contributed by atoms with Crippen molar-refractivity contribution in [1.29, 1.82) is 0 Å². The number of benzene rings is 2. The van der Waals surface area contributed by atoms with Crippen LogP contribution >= 0.6 is 11.6 Å². The first-order valence-corrected chi connectivity index (χ1v) is 10.5. The molecule has 1 fully saturated rings. The summed E-state index contributed by atoms with van der Waals surface area (Å²) < 4.78 is 0. The molecule has 1 aromatic heterocycles. The summed E-state index contributed by atoms with van der Waals surface area (Å²) in [5.74, 6) is -0.176. The number of anilines is 2. The molecule has 1 heterocycles. The van der Waals surface area contributed by atoms with Crippen molar-refractivity contribution in [1.82, 2.24) is 15.3 Å². The topological polar surface area (TPSA) is 84.0 Å². The second kappa shape index (κ2) is 8.86. The molecule has 31 heavy (non-hydrogen) atoms. The molecule has 4 rings (SSSR count). The Labute approximate surface area is 186 Å². The first-order chi connectivity index (χ1) is 15.0. The van der Waals surface area contributed by atoms with E-state index in [1.165, 1.54) is 18.7 Å². The Morgan fingerprint density at radius 3 is 2.45 bits per heavy atom. The molecule has 0 spiro atoms. The lowest BCUT2D eigenvalue weighted by molar-refractivity contribution is -0.126. The molecule has 2 N–H and O–H groups in total. The zero-order valence-corrected chi connectivity index (χ0v) is 17.9. The lowest BCUT2D eigenvalue weighted by Gasteiger charge is -2.15. The van der Waals surface area contributed by atoms with Crippen molar-refractivity contribution in [2.24, 2.45) is 5.41 Å². The van der Waals surface area contributed by atoms with Gasteiger partial charge >= 0.3 is 0 Å². The molecule has 1 saturated carbocycles. The fraction of sp³-hybridized carbons (Fsp3) is 0.250. The van der Waals surface area contributed by atoms with Gasteiger partial charge in [0.15, 0.2) is 5.78 Å². The van der Waals surface area contributed by atoms with Crippen LogP contribution < -0.4 is 10.6 Å². The van der Waals surface area contributed by atoms with Crippen LogP contribution in [0.3, 0.4) is 0 Å². The fourth-order valence-electron chi connectivity index (χ4n) is 3.46. The van der Waals surface area contributed by atoms with E-state index in [-0.39, 0.29) is 18.1 Å². The Morgan fingerprint density at radius 2 is 1.77 bits per heavy atom. The van der Waals surface area contributed by atoms with E-state index in [1.807, 2.05) is 49.4 Å². The predicted octanol–water partition coefficient (Wildman–Crippen LogP) is 4.85. The lowest BCUT2D eigenvalue weighted by Crippen LogP contribution is -2.33. The molecule has 6 nitrogen and oxygen atoms in total. The van der Waals surface area contributed by atoms with Gasteiger partial charge < -0.3 is 10.6 Å². The molecule has 1 amide bonds. The second-order valence-corrected chi connectivity index (χ2v) is 8.33. The van der Waals surface area contributed by atoms with Crippen LogP contribution in [0, 0.1) is 12.3 Å². The number of aryl methyl sites for hydroxylation is 1. The van der Waals surface area contributed by atoms with E-state index in [1.54, 1.807) is 0 Å². The molecule has 0 unspecified atom stereocenters. The third-order valence-electron chi connectivity index (χ3n) is 5.59. The summed E-state index contributed by atoms with van der Waals surface area (Å²) in [5.41, 5.74) is 3.60. The first-order valence-electron chi connectivity index (χ1n) is 10.1. The number of aromatic nitrogens is 2. The van der Waals surface area contributed by atoms with E-state index in [9.17, 15) is 9.59 Å². The monoisotopic (exact) mass is 434 g/mol. The highest BCUT2D eigenvalue weighted by Crippen LogP contribution is 2.49. The average molecular weight is 435 g/mol. The van der Waals surface area contributed by atoms with Gasteiger partial charge in [0.25, 0.3) is 0 Å². The van der Waals surface area contributed by atoms with Crippen molar-refractivity contribution in [3.8, 4) is 0 Å². The van der Waals surface area contributed by atoms with Gasteiger partial charge in [0, 0.05) is 31.0 Å². The third-order valence-corrected chi connectivity index (χ3v) is 6.10. The van der Waals surface area contributed by atoms with E-state index >= 15 is 0 Å². The maximum Gasteiger partial charge on any atom is 0.226 e. The number of carbonyl (C=O) groups excluding carboxylic acids is 2. The lowest BCUT2D eigenvalue weighted by atomic mass is 9.95. The number of ketones is 1. The van der Waals surface area contributed by atoms with Gasteiger partial charge in [0.2, 0.25) is 5.91 Å². The van der Waals surface area contributed by atoms with E-state index in [2.05, 4.69) is 20.6 Å². The van der Waals surface area contributed by atoms with Gasteiger partial charge in [0.05, 0.1) is 21.7 Å². The van der Waals surface area contributed by atoms with Gasteiger partial charge in [0.1, 0.15) is 6.33 Å². The third kappa shape index (κ3) is 4.91. The van der Waals surface area contributed by atoms with Crippen molar-refractivity contribution in [2.75, 3.05) is 5.32 Å². The minimum atomic E-state index is -0.601. The largest absolute Gasteiger partial charge is 0.354 e. The van der Waals surface area contributed by atoms with Crippen LogP contribution in [-0.2, 0) is 11.3 Å². The van der Waals surface area contributed by atoms with Crippen LogP contribution in [-0.4, -0.2) is 21.7 Å². The molecule has 7 heteroatoms. The zero-order valence-electron chi connectivity index (χ0n) is 17.2. The zero-order chi connectivity index (χ0) is 21.8. The Hall–Kier alpha value is -3.25. The molecule has 1 aliphatic rings. The summed E-state index contributed by atoms with van der Waals surface area (Å²) in [4.78, 5) is 32.9. The predicted molar refractivity (Wildman–Crippen MR) is 120 cm³/mol. The number of nitrogens with one attached hydrogen (secondary N) is 2. The fourth-order valence-corrected chi connectivity index (χ4v) is 3.64. The standard InChI is InChI=1S/C24H23ClN4O2/c1-16-3-2-4-20(22(16)25)29-19-7-5-17(6-8-19)12-28-23(31)24(9-10-24)11-21(30)18-13-26-15-27-14-18/h2-8,13-15,29H,9-12H2,1H3,(H,28,31). The minimum absolute atomic E-state index is 0.0774. The second-order valence-electron chi connectivity index (χ2n) is 7.95. The summed E-state index contributed by atoms with van der Waals surface area (Å²) in [6.07, 6.45) is 5.99. The van der Waals surface area contributed by atoms with E-state index in [0.29, 0.717) is 17.1 Å².